The molecule has 204 valence electrons. The van der Waals surface area contributed by atoms with Crippen molar-refractivity contribution in [1.29, 1.82) is 0 Å². The lowest BCUT2D eigenvalue weighted by molar-refractivity contribution is -0.122. The Balaban J connectivity index is 1.56. The quantitative estimate of drug-likeness (QED) is 0.190. The van der Waals surface area contributed by atoms with Crippen LogP contribution in [-0.2, 0) is 17.9 Å². The topological polar surface area (TPSA) is 96.8 Å². The van der Waals surface area contributed by atoms with Crippen molar-refractivity contribution in [1.82, 2.24) is 24.8 Å². The molecule has 0 saturated heterocycles. The number of hydrogen-bond acceptors (Lipinski definition) is 6. The van der Waals surface area contributed by atoms with E-state index in [1.165, 1.54) is 0 Å². The Morgan fingerprint density at radius 1 is 1.00 bits per heavy atom. The van der Waals surface area contributed by atoms with Gasteiger partial charge in [0.2, 0.25) is 11.9 Å². The van der Waals surface area contributed by atoms with Crippen LogP contribution in [0.4, 0.5) is 11.8 Å². The average Bonchev–Trinajstić information content (AvgIpc) is 3.41. The lowest BCUT2D eigenvalue weighted by Crippen LogP contribution is -2.42. The Labute approximate surface area is 243 Å². The predicted octanol–water partition coefficient (Wildman–Crippen LogP) is 6.77. The van der Waals surface area contributed by atoms with E-state index in [1.54, 1.807) is 47.6 Å². The molecular weight excluding hydrogens is 557 g/mol. The van der Waals surface area contributed by atoms with E-state index in [0.717, 1.165) is 11.1 Å². The third kappa shape index (κ3) is 8.58. The van der Waals surface area contributed by atoms with Gasteiger partial charge >= 0.3 is 0 Å². The van der Waals surface area contributed by atoms with Crippen LogP contribution in [0.25, 0.3) is 5.82 Å². The van der Waals surface area contributed by atoms with Gasteiger partial charge in [0, 0.05) is 46.6 Å². The molecule has 11 heteroatoms. The van der Waals surface area contributed by atoms with Gasteiger partial charge in [-0.05, 0) is 47.2 Å². The largest absolute Gasteiger partial charge is 0.358 e. The standard InChI is InChI=1S/C28H30Cl3N7O/c1-28(2,3)14-23(26(39)33-16-19-7-8-21(30)12-22(19)31)35-24-13-25(38-10-9-32-17-38)37-27(36-24)34-15-18-5-4-6-20(29)11-18/h4-13,17,23H,14-16H2,1-3H3,(H,33,39)(H2,34,35,36,37). The predicted molar refractivity (Wildman–Crippen MR) is 158 cm³/mol. The van der Waals surface area contributed by atoms with Gasteiger partial charge in [-0.25, -0.2) is 4.98 Å². The van der Waals surface area contributed by atoms with Crippen molar-refractivity contribution in [2.24, 2.45) is 5.41 Å². The van der Waals surface area contributed by atoms with Gasteiger partial charge in [-0.1, -0.05) is 73.8 Å². The summed E-state index contributed by atoms with van der Waals surface area (Å²) in [5.41, 5.74) is 1.63. The van der Waals surface area contributed by atoms with Crippen LogP contribution in [0.3, 0.4) is 0 Å². The fraction of sp³-hybridized carbons (Fsp3) is 0.286. The van der Waals surface area contributed by atoms with Crippen LogP contribution in [0.15, 0.2) is 67.3 Å². The average molecular weight is 587 g/mol. The molecule has 39 heavy (non-hydrogen) atoms. The second-order valence-electron chi connectivity index (χ2n) is 10.3. The maximum absolute atomic E-state index is 13.4. The highest BCUT2D eigenvalue weighted by Crippen LogP contribution is 2.25. The van der Waals surface area contributed by atoms with Gasteiger partial charge in [-0.15, -0.1) is 0 Å². The summed E-state index contributed by atoms with van der Waals surface area (Å²) < 4.78 is 1.78. The van der Waals surface area contributed by atoms with Crippen molar-refractivity contribution in [3.63, 3.8) is 0 Å². The van der Waals surface area contributed by atoms with Gasteiger partial charge in [0.1, 0.15) is 24.0 Å². The molecule has 1 amide bonds. The van der Waals surface area contributed by atoms with Gasteiger partial charge < -0.3 is 16.0 Å². The summed E-state index contributed by atoms with van der Waals surface area (Å²) in [4.78, 5) is 26.8. The molecule has 2 heterocycles. The minimum absolute atomic E-state index is 0.138. The van der Waals surface area contributed by atoms with E-state index >= 15 is 0 Å². The monoisotopic (exact) mass is 585 g/mol. The Morgan fingerprint density at radius 3 is 2.49 bits per heavy atom. The van der Waals surface area contributed by atoms with Crippen LogP contribution in [0.1, 0.15) is 38.3 Å². The van der Waals surface area contributed by atoms with Gasteiger partial charge in [0.05, 0.1) is 0 Å². The highest BCUT2D eigenvalue weighted by atomic mass is 35.5. The number of anilines is 2. The van der Waals surface area contributed by atoms with Crippen LogP contribution in [0.5, 0.6) is 0 Å². The molecule has 0 aliphatic heterocycles. The number of halogens is 3. The van der Waals surface area contributed by atoms with E-state index in [-0.39, 0.29) is 17.9 Å². The van der Waals surface area contributed by atoms with Crippen molar-refractivity contribution in [2.45, 2.75) is 46.3 Å². The number of hydrogen-bond donors (Lipinski definition) is 3. The molecule has 0 radical (unpaired) electrons. The smallest absolute Gasteiger partial charge is 0.242 e. The zero-order valence-electron chi connectivity index (χ0n) is 21.9. The minimum atomic E-state index is -0.567. The van der Waals surface area contributed by atoms with Crippen molar-refractivity contribution in [2.75, 3.05) is 10.6 Å². The molecule has 4 rings (SSSR count). The van der Waals surface area contributed by atoms with E-state index in [0.29, 0.717) is 45.6 Å². The molecule has 0 aliphatic rings. The van der Waals surface area contributed by atoms with E-state index in [1.807, 2.05) is 24.3 Å². The van der Waals surface area contributed by atoms with Crippen LogP contribution in [0, 0.1) is 5.41 Å². The molecule has 0 bridgehead atoms. The summed E-state index contributed by atoms with van der Waals surface area (Å²) in [6.45, 7) is 6.99. The van der Waals surface area contributed by atoms with Crippen molar-refractivity contribution < 1.29 is 4.79 Å². The van der Waals surface area contributed by atoms with Crippen LogP contribution in [0.2, 0.25) is 15.1 Å². The number of benzene rings is 2. The molecule has 2 aromatic carbocycles. The summed E-state index contributed by atoms with van der Waals surface area (Å²) in [6.07, 6.45) is 5.68. The van der Waals surface area contributed by atoms with E-state index in [9.17, 15) is 4.79 Å². The van der Waals surface area contributed by atoms with E-state index in [2.05, 4.69) is 51.7 Å². The number of nitrogens with one attached hydrogen (secondary N) is 3. The molecule has 2 aromatic heterocycles. The maximum atomic E-state index is 13.4. The van der Waals surface area contributed by atoms with Crippen LogP contribution < -0.4 is 16.0 Å². The second kappa shape index (κ2) is 12.7. The summed E-state index contributed by atoms with van der Waals surface area (Å²) in [5, 5.41) is 11.3. The summed E-state index contributed by atoms with van der Waals surface area (Å²) in [7, 11) is 0. The van der Waals surface area contributed by atoms with Gasteiger partial charge in [-0.3, -0.25) is 9.36 Å². The number of rotatable bonds is 10. The number of carbonyl (C=O) groups is 1. The van der Waals surface area contributed by atoms with E-state index in [4.69, 9.17) is 34.8 Å². The van der Waals surface area contributed by atoms with Crippen molar-refractivity contribution >= 4 is 52.5 Å². The fourth-order valence-corrected chi connectivity index (χ4v) is 4.60. The van der Waals surface area contributed by atoms with Gasteiger partial charge in [-0.2, -0.15) is 9.97 Å². The molecular formula is C28H30Cl3N7O. The van der Waals surface area contributed by atoms with Gasteiger partial charge in [0.15, 0.2) is 0 Å². The molecule has 8 nitrogen and oxygen atoms in total. The number of carbonyl (C=O) groups excluding carboxylic acids is 1. The molecule has 0 saturated carbocycles. The molecule has 0 aliphatic carbocycles. The molecule has 4 aromatic rings. The maximum Gasteiger partial charge on any atom is 0.242 e. The van der Waals surface area contributed by atoms with Crippen molar-refractivity contribution in [3.8, 4) is 5.82 Å². The lowest BCUT2D eigenvalue weighted by Gasteiger charge is -2.27. The normalized spacial score (nSPS) is 12.2. The SMILES string of the molecule is CC(C)(C)CC(Nc1cc(-n2ccnc2)nc(NCc2cccc(Cl)c2)n1)C(=O)NCc1ccc(Cl)cc1Cl. The summed E-state index contributed by atoms with van der Waals surface area (Å²) in [5.74, 6) is 1.32. The lowest BCUT2D eigenvalue weighted by atomic mass is 9.87. The fourth-order valence-electron chi connectivity index (χ4n) is 3.91. The van der Waals surface area contributed by atoms with Crippen LogP contribution >= 0.6 is 34.8 Å². The number of aromatic nitrogens is 4. The highest BCUT2D eigenvalue weighted by Gasteiger charge is 2.26. The van der Waals surface area contributed by atoms with E-state index < -0.39 is 6.04 Å². The third-order valence-electron chi connectivity index (χ3n) is 5.74. The Hall–Kier alpha value is -3.33. The molecule has 1 atom stereocenters. The Morgan fingerprint density at radius 2 is 1.79 bits per heavy atom. The zero-order valence-corrected chi connectivity index (χ0v) is 24.1. The minimum Gasteiger partial charge on any atom is -0.358 e. The summed E-state index contributed by atoms with van der Waals surface area (Å²) >= 11 is 18.4. The molecule has 0 spiro atoms. The summed E-state index contributed by atoms with van der Waals surface area (Å²) in [6, 6.07) is 14.0. The Bertz CT molecular complexity index is 1420. The first-order valence-corrected chi connectivity index (χ1v) is 13.5. The zero-order chi connectivity index (χ0) is 28.0. The second-order valence-corrected chi connectivity index (χ2v) is 11.6. The first kappa shape index (κ1) is 28.7. The number of nitrogens with zero attached hydrogens (tertiary/aromatic N) is 4. The molecule has 3 N–H and O–H groups in total. The Kier molecular flexibility index (Phi) is 9.32. The third-order valence-corrected chi connectivity index (χ3v) is 6.57. The number of amides is 1. The molecule has 1 unspecified atom stereocenters. The first-order valence-electron chi connectivity index (χ1n) is 12.4. The highest BCUT2D eigenvalue weighted by molar-refractivity contribution is 6.35. The number of imidazole rings is 1. The molecule has 0 fully saturated rings. The van der Waals surface area contributed by atoms with Crippen LogP contribution in [-0.4, -0.2) is 31.5 Å². The van der Waals surface area contributed by atoms with Crippen molar-refractivity contribution in [3.05, 3.63) is 93.4 Å². The van der Waals surface area contributed by atoms with Gasteiger partial charge in [0.25, 0.3) is 0 Å². The first-order chi connectivity index (χ1) is 18.6.